The molecule has 1 aromatic carbocycles. The summed E-state index contributed by atoms with van der Waals surface area (Å²) in [6.45, 7) is 0.800. The molecule has 0 heterocycles. The van der Waals surface area contributed by atoms with Crippen LogP contribution in [0, 0.1) is 5.92 Å². The first-order valence-electron chi connectivity index (χ1n) is 4.67. The lowest BCUT2D eigenvalue weighted by Gasteiger charge is -2.13. The van der Waals surface area contributed by atoms with E-state index in [2.05, 4.69) is 30.3 Å². The highest BCUT2D eigenvalue weighted by Crippen LogP contribution is 2.41. The van der Waals surface area contributed by atoms with Gasteiger partial charge in [-0.1, -0.05) is 30.3 Å². The number of nitrogens with two attached hydrogens (primary N) is 1. The summed E-state index contributed by atoms with van der Waals surface area (Å²) in [6, 6.07) is 10.6. The summed E-state index contributed by atoms with van der Waals surface area (Å²) < 4.78 is 0. The van der Waals surface area contributed by atoms with Gasteiger partial charge in [0.1, 0.15) is 0 Å². The molecule has 1 aromatic rings. The fourth-order valence-electron chi connectivity index (χ4n) is 1.80. The Morgan fingerprint density at radius 3 is 2.42 bits per heavy atom. The van der Waals surface area contributed by atoms with E-state index in [0.29, 0.717) is 5.92 Å². The van der Waals surface area contributed by atoms with Crippen LogP contribution >= 0.6 is 0 Å². The van der Waals surface area contributed by atoms with Crippen molar-refractivity contribution in [2.24, 2.45) is 11.7 Å². The molecule has 1 aliphatic rings. The van der Waals surface area contributed by atoms with E-state index in [-0.39, 0.29) is 0 Å². The Balaban J connectivity index is 2.15. The van der Waals surface area contributed by atoms with E-state index in [1.165, 1.54) is 18.4 Å². The summed E-state index contributed by atoms with van der Waals surface area (Å²) in [7, 11) is 0. The maximum Gasteiger partial charge on any atom is -0.000556 e. The zero-order valence-electron chi connectivity index (χ0n) is 7.24. The zero-order chi connectivity index (χ0) is 8.39. The number of benzene rings is 1. The van der Waals surface area contributed by atoms with Crippen molar-refractivity contribution < 1.29 is 0 Å². The monoisotopic (exact) mass is 161 g/mol. The molecule has 1 nitrogen and oxygen atoms in total. The molecule has 12 heavy (non-hydrogen) atoms. The second-order valence-corrected chi connectivity index (χ2v) is 3.59. The summed E-state index contributed by atoms with van der Waals surface area (Å²) in [6.07, 6.45) is 2.74. The molecule has 1 aliphatic carbocycles. The molecule has 0 saturated heterocycles. The molecule has 2 rings (SSSR count). The number of hydrogen-bond acceptors (Lipinski definition) is 1. The van der Waals surface area contributed by atoms with Crippen molar-refractivity contribution in [3.05, 3.63) is 35.9 Å². The van der Waals surface area contributed by atoms with E-state index in [1.54, 1.807) is 0 Å². The molecule has 0 spiro atoms. The van der Waals surface area contributed by atoms with E-state index in [0.717, 1.165) is 12.5 Å². The van der Waals surface area contributed by atoms with Gasteiger partial charge >= 0.3 is 0 Å². The van der Waals surface area contributed by atoms with Crippen molar-refractivity contribution in [3.8, 4) is 0 Å². The molecule has 1 heteroatoms. The van der Waals surface area contributed by atoms with Crippen molar-refractivity contribution in [2.45, 2.75) is 18.8 Å². The molecule has 1 atom stereocenters. The lowest BCUT2D eigenvalue weighted by molar-refractivity contribution is 0.616. The van der Waals surface area contributed by atoms with Crippen molar-refractivity contribution in [1.29, 1.82) is 0 Å². The van der Waals surface area contributed by atoms with Crippen LogP contribution < -0.4 is 5.73 Å². The highest BCUT2D eigenvalue weighted by Gasteiger charge is 2.30. The molecule has 0 aromatic heterocycles. The van der Waals surface area contributed by atoms with Gasteiger partial charge in [-0.25, -0.2) is 0 Å². The van der Waals surface area contributed by atoms with Gasteiger partial charge in [-0.2, -0.15) is 0 Å². The standard InChI is InChI=1S/C11H15N/c12-8-11(10-6-7-10)9-4-2-1-3-5-9/h1-5,10-11H,6-8,12H2. The van der Waals surface area contributed by atoms with Crippen molar-refractivity contribution in [2.75, 3.05) is 6.54 Å². The van der Waals surface area contributed by atoms with Crippen molar-refractivity contribution in [3.63, 3.8) is 0 Å². The van der Waals surface area contributed by atoms with E-state index in [4.69, 9.17) is 5.73 Å². The Labute approximate surface area is 73.6 Å². The minimum absolute atomic E-state index is 0.617. The van der Waals surface area contributed by atoms with Gasteiger partial charge in [-0.3, -0.25) is 0 Å². The molecule has 0 radical (unpaired) electrons. The third kappa shape index (κ3) is 1.51. The van der Waals surface area contributed by atoms with Crippen molar-refractivity contribution >= 4 is 0 Å². The lowest BCUT2D eigenvalue weighted by atomic mass is 9.95. The van der Waals surface area contributed by atoms with E-state index >= 15 is 0 Å². The van der Waals surface area contributed by atoms with Gasteiger partial charge in [0, 0.05) is 0 Å². The van der Waals surface area contributed by atoms with Gasteiger partial charge in [-0.05, 0) is 36.8 Å². The van der Waals surface area contributed by atoms with Gasteiger partial charge in [0.25, 0.3) is 0 Å². The molecule has 0 bridgehead atoms. The first-order valence-corrected chi connectivity index (χ1v) is 4.67. The average Bonchev–Trinajstić information content (AvgIpc) is 2.92. The molecule has 0 aliphatic heterocycles. The Bertz CT molecular complexity index is 238. The van der Waals surface area contributed by atoms with Crippen LogP contribution in [0.25, 0.3) is 0 Å². The Morgan fingerprint density at radius 2 is 1.92 bits per heavy atom. The maximum atomic E-state index is 5.75. The third-order valence-electron chi connectivity index (χ3n) is 2.67. The van der Waals surface area contributed by atoms with Crippen LogP contribution in [0.15, 0.2) is 30.3 Å². The fourth-order valence-corrected chi connectivity index (χ4v) is 1.80. The predicted octanol–water partition coefficient (Wildman–Crippen LogP) is 2.14. The quantitative estimate of drug-likeness (QED) is 0.722. The van der Waals surface area contributed by atoms with Crippen molar-refractivity contribution in [1.82, 2.24) is 0 Å². The first-order chi connectivity index (χ1) is 5.92. The minimum Gasteiger partial charge on any atom is -0.330 e. The van der Waals surface area contributed by atoms with E-state index < -0.39 is 0 Å². The first kappa shape index (κ1) is 7.81. The Kier molecular flexibility index (Phi) is 2.13. The molecule has 2 N–H and O–H groups in total. The normalized spacial score (nSPS) is 19.1. The van der Waals surface area contributed by atoms with Crippen LogP contribution in [-0.4, -0.2) is 6.54 Å². The summed E-state index contributed by atoms with van der Waals surface area (Å²) in [5, 5.41) is 0. The SMILES string of the molecule is NCC(c1ccccc1)C1CC1. The van der Waals surface area contributed by atoms with Crippen LogP contribution in [0.3, 0.4) is 0 Å². The van der Waals surface area contributed by atoms with Crippen LogP contribution in [0.1, 0.15) is 24.3 Å². The van der Waals surface area contributed by atoms with E-state index in [9.17, 15) is 0 Å². The third-order valence-corrected chi connectivity index (χ3v) is 2.67. The highest BCUT2D eigenvalue weighted by molar-refractivity contribution is 5.21. The van der Waals surface area contributed by atoms with Gasteiger partial charge < -0.3 is 5.73 Å². The molecule has 1 saturated carbocycles. The Hall–Kier alpha value is -0.820. The largest absolute Gasteiger partial charge is 0.330 e. The molecule has 1 unspecified atom stereocenters. The van der Waals surface area contributed by atoms with E-state index in [1.807, 2.05) is 0 Å². The predicted molar refractivity (Wildman–Crippen MR) is 51.0 cm³/mol. The Morgan fingerprint density at radius 1 is 1.25 bits per heavy atom. The van der Waals surface area contributed by atoms with Gasteiger partial charge in [-0.15, -0.1) is 0 Å². The average molecular weight is 161 g/mol. The smallest absolute Gasteiger partial charge is 0.000556 e. The summed E-state index contributed by atoms with van der Waals surface area (Å²) >= 11 is 0. The molecule has 64 valence electrons. The molecular formula is C11H15N. The van der Waals surface area contributed by atoms with Crippen LogP contribution in [0.5, 0.6) is 0 Å². The van der Waals surface area contributed by atoms with Gasteiger partial charge in [0.15, 0.2) is 0 Å². The summed E-state index contributed by atoms with van der Waals surface area (Å²) in [4.78, 5) is 0. The fraction of sp³-hybridized carbons (Fsp3) is 0.455. The van der Waals surface area contributed by atoms with Crippen LogP contribution in [-0.2, 0) is 0 Å². The summed E-state index contributed by atoms with van der Waals surface area (Å²) in [5.74, 6) is 1.49. The summed E-state index contributed by atoms with van der Waals surface area (Å²) in [5.41, 5.74) is 7.16. The molecule has 1 fully saturated rings. The minimum atomic E-state index is 0.617. The topological polar surface area (TPSA) is 26.0 Å². The number of hydrogen-bond donors (Lipinski definition) is 1. The van der Waals surface area contributed by atoms with Crippen LogP contribution in [0.2, 0.25) is 0 Å². The molecular weight excluding hydrogens is 146 g/mol. The zero-order valence-corrected chi connectivity index (χ0v) is 7.24. The molecule has 0 amide bonds. The second-order valence-electron chi connectivity index (χ2n) is 3.59. The second kappa shape index (κ2) is 3.28. The maximum absolute atomic E-state index is 5.75. The van der Waals surface area contributed by atoms with Gasteiger partial charge in [0.2, 0.25) is 0 Å². The highest BCUT2D eigenvalue weighted by atomic mass is 14.6. The van der Waals surface area contributed by atoms with Gasteiger partial charge in [0.05, 0.1) is 0 Å². The number of rotatable bonds is 3. The lowest BCUT2D eigenvalue weighted by Crippen LogP contribution is -2.14. The van der Waals surface area contributed by atoms with Crippen LogP contribution in [0.4, 0.5) is 0 Å².